The molecule has 0 bridgehead atoms. The highest BCUT2D eigenvalue weighted by atomic mass is 16.5. The van der Waals surface area contributed by atoms with Crippen molar-refractivity contribution in [3.8, 4) is 18.1 Å². The molecule has 0 atom stereocenters. The lowest BCUT2D eigenvalue weighted by molar-refractivity contribution is 0.277. The Morgan fingerprint density at radius 1 is 0.542 bits per heavy atom. The van der Waals surface area contributed by atoms with E-state index in [1.165, 1.54) is 86.8 Å². The molecule has 2 fully saturated rings. The van der Waals surface area contributed by atoms with Crippen LogP contribution in [0.2, 0.25) is 0 Å². The average Bonchev–Trinajstić information content (AvgIpc) is 1.64. The van der Waals surface area contributed by atoms with Gasteiger partial charge in [-0.15, -0.1) is 12.3 Å². The van der Waals surface area contributed by atoms with Gasteiger partial charge >= 0.3 is 0 Å². The Bertz CT molecular complexity index is 2920. The van der Waals surface area contributed by atoms with Crippen LogP contribution >= 0.6 is 0 Å². The monoisotopic (exact) mass is 1150 g/mol. The summed E-state index contributed by atoms with van der Waals surface area (Å²) in [6.45, 7) is 46.3. The van der Waals surface area contributed by atoms with E-state index < -0.39 is 12.7 Å². The molecule has 0 aliphatic heterocycles. The number of rotatable bonds is 2. The summed E-state index contributed by atoms with van der Waals surface area (Å²) in [5.74, 6) is 2.91. The predicted octanol–water partition coefficient (Wildman–Crippen LogP) is 24.8. The molecule has 2 aliphatic rings. The summed E-state index contributed by atoms with van der Waals surface area (Å²) in [4.78, 5) is 0. The average molecular weight is 1150 g/mol. The van der Waals surface area contributed by atoms with Crippen molar-refractivity contribution >= 4 is 43.6 Å². The van der Waals surface area contributed by atoms with Crippen molar-refractivity contribution in [2.24, 2.45) is 48.5 Å². The second-order valence-electron chi connectivity index (χ2n) is 27.5. The van der Waals surface area contributed by atoms with Gasteiger partial charge in [0.2, 0.25) is 0 Å². The van der Waals surface area contributed by atoms with Gasteiger partial charge < -0.3 is 18.6 Å². The molecular weight excluding hydrogens is 1010 g/mol. The molecular formula is C79H130N2O2. The predicted molar refractivity (Wildman–Crippen MR) is 379 cm³/mol. The van der Waals surface area contributed by atoms with E-state index in [-0.39, 0.29) is 39.8 Å². The fourth-order valence-corrected chi connectivity index (χ4v) is 7.96. The number of para-hydroxylation sites is 3. The molecule has 9 rings (SSSR count). The molecule has 83 heavy (non-hydrogen) atoms. The summed E-state index contributed by atoms with van der Waals surface area (Å²) in [5.41, 5.74) is 8.65. The molecule has 2 aromatic heterocycles. The molecule has 0 unspecified atom stereocenters. The summed E-state index contributed by atoms with van der Waals surface area (Å²) >= 11 is 0. The SMILES string of the molecule is C#CC.CC(C)(C)C.COC.COc1ccccc1.Cn1c2ccc(C(C)(C)C)cc2c2cc(C(C)(C)C)ccc21.Cn1c2ccccc2c2ccccc21.[2H]C(C)(C)C.[2H]C([2H])(C)C(C)(C)C.[2H]C([2H])(C)C(C)C.[2H]C1(C)CCCC1.[2H]C1(C)CCCCC1. The molecule has 0 amide bonds. The molecule has 468 valence electrons. The molecule has 4 nitrogen and oxygen atoms in total. The second-order valence-corrected chi connectivity index (χ2v) is 27.5. The van der Waals surface area contributed by atoms with Crippen molar-refractivity contribution in [2.45, 2.75) is 241 Å². The normalized spacial score (nSPS) is 15.6. The van der Waals surface area contributed by atoms with E-state index in [0.717, 1.165) is 31.4 Å². The van der Waals surface area contributed by atoms with Crippen LogP contribution in [0.4, 0.5) is 0 Å². The third-order valence-corrected chi connectivity index (χ3v) is 13.0. The summed E-state index contributed by atoms with van der Waals surface area (Å²) in [7, 11) is 9.19. The summed E-state index contributed by atoms with van der Waals surface area (Å²) in [6, 6.07) is 40.6. The van der Waals surface area contributed by atoms with Gasteiger partial charge in [0, 0.05) is 81.5 Å². The Hall–Kier alpha value is -4.98. The molecule has 2 saturated carbocycles. The quantitative estimate of drug-likeness (QED) is 0.161. The smallest absolute Gasteiger partial charge is 0.118 e. The molecule has 0 radical (unpaired) electrons. The van der Waals surface area contributed by atoms with Gasteiger partial charge in [0.15, 0.2) is 0 Å². The number of methoxy groups -OCH3 is 2. The first-order valence-electron chi connectivity index (χ1n) is 34.2. The Morgan fingerprint density at radius 2 is 0.807 bits per heavy atom. The third kappa shape index (κ3) is 36.5. The van der Waals surface area contributed by atoms with Gasteiger partial charge in [-0.25, -0.2) is 0 Å². The summed E-state index contributed by atoms with van der Waals surface area (Å²) < 4.78 is 64.4. The first-order chi connectivity index (χ1) is 40.8. The van der Waals surface area contributed by atoms with Crippen molar-refractivity contribution in [3.05, 3.63) is 126 Å². The van der Waals surface area contributed by atoms with E-state index in [1.54, 1.807) is 42.1 Å². The van der Waals surface area contributed by atoms with Crippen molar-refractivity contribution in [2.75, 3.05) is 21.3 Å². The van der Waals surface area contributed by atoms with Crippen molar-refractivity contribution in [1.82, 2.24) is 9.13 Å². The zero-order valence-electron chi connectivity index (χ0n) is 65.7. The highest BCUT2D eigenvalue weighted by Crippen LogP contribution is 2.35. The number of hydrogen-bond acceptors (Lipinski definition) is 2. The lowest BCUT2D eigenvalue weighted by Crippen LogP contribution is -2.10. The maximum atomic E-state index is 7.63. The topological polar surface area (TPSA) is 28.3 Å². The Morgan fingerprint density at radius 3 is 1.04 bits per heavy atom. The minimum atomic E-state index is -1.06. The lowest BCUT2D eigenvalue weighted by Gasteiger charge is -2.19. The van der Waals surface area contributed by atoms with E-state index in [2.05, 4.69) is 194 Å². The number of nitrogens with zero attached hydrogens (tertiary/aromatic N) is 2. The second kappa shape index (κ2) is 41.9. The van der Waals surface area contributed by atoms with Crippen LogP contribution in [0.15, 0.2) is 115 Å². The zero-order valence-corrected chi connectivity index (χ0v) is 58.7. The fraction of sp³-hybridized carbons (Fsp3) is 0.595. The van der Waals surface area contributed by atoms with Crippen LogP contribution in [0.3, 0.4) is 0 Å². The van der Waals surface area contributed by atoms with E-state index in [0.29, 0.717) is 5.41 Å². The van der Waals surface area contributed by atoms with Crippen LogP contribution < -0.4 is 4.74 Å². The number of aromatic nitrogens is 2. The molecule has 2 heterocycles. The van der Waals surface area contributed by atoms with Gasteiger partial charge in [-0.3, -0.25) is 0 Å². The largest absolute Gasteiger partial charge is 0.497 e. The first kappa shape index (κ1) is 67.2. The van der Waals surface area contributed by atoms with Crippen LogP contribution in [-0.2, 0) is 29.7 Å². The molecule has 0 spiro atoms. The molecule has 4 heteroatoms. The maximum Gasteiger partial charge on any atom is 0.118 e. The maximum absolute atomic E-state index is 7.63. The highest BCUT2D eigenvalue weighted by molar-refractivity contribution is 6.09. The van der Waals surface area contributed by atoms with E-state index in [1.807, 2.05) is 99.6 Å². The highest BCUT2D eigenvalue weighted by Gasteiger charge is 2.19. The Labute approximate surface area is 524 Å². The molecule has 0 N–H and O–H groups in total. The Kier molecular flexibility index (Phi) is 33.9. The number of terminal acetylenes is 1. The number of fused-ring (bicyclic) bond motifs is 6. The van der Waals surface area contributed by atoms with Crippen molar-refractivity contribution < 1.29 is 19.1 Å². The first-order valence-corrected chi connectivity index (χ1v) is 30.7. The van der Waals surface area contributed by atoms with Crippen LogP contribution in [0, 0.1) is 46.8 Å². The van der Waals surface area contributed by atoms with Crippen molar-refractivity contribution in [1.29, 1.82) is 0 Å². The molecule has 7 aromatic rings. The van der Waals surface area contributed by atoms with E-state index >= 15 is 0 Å². The lowest BCUT2D eigenvalue weighted by atomic mass is 9.85. The van der Waals surface area contributed by atoms with E-state index in [4.69, 9.17) is 14.3 Å². The standard InChI is InChI=1S/C21H27N.C13H11N.C7H8O.C7H14.C6H12.C6H14.2C5H12.C4H10.C3H4.C2H6O/c1-20(2,3)14-8-10-18-16(12-14)17-13-15(21(4,5)6)9-11-19(17)22(18)7;1-14-12-8-4-2-6-10(12)11-7-3-5-9-13(11)14;1-8-7-5-3-2-4-6-7;1-7-5-3-2-4-6-7;1-6-4-2-3-5-6;1-5-6(2,3)4;1-5(2,3)4;1-4-5(2)3;1-4(2)3;2*1-3-2/h8-13H,1-7H3;2-9H,1H3;2-6H,1H3;7H,2-6H2,1H3;6H,2-5H2,1H3;5H2,1-4H3;1-4H3;5H,4H2,1-3H3;4H,1-3H3;1H,2H3;1-2H3/i;;;7D;6D;5D2;;4D2;4D;;. The zero-order chi connectivity index (χ0) is 70.5. The summed E-state index contributed by atoms with van der Waals surface area (Å²) in [5, 5.41) is 5.42. The molecule has 5 aromatic carbocycles. The number of hydrogen-bond donors (Lipinski definition) is 0. The van der Waals surface area contributed by atoms with Gasteiger partial charge in [0.25, 0.3) is 0 Å². The van der Waals surface area contributed by atoms with Gasteiger partial charge in [-0.05, 0) is 112 Å². The van der Waals surface area contributed by atoms with Gasteiger partial charge in [-0.2, -0.15) is 0 Å². The van der Waals surface area contributed by atoms with Gasteiger partial charge in [0.05, 0.1) is 7.11 Å². The van der Waals surface area contributed by atoms with Crippen LogP contribution in [0.25, 0.3) is 43.6 Å². The van der Waals surface area contributed by atoms with E-state index in [9.17, 15) is 0 Å². The van der Waals surface area contributed by atoms with Crippen LogP contribution in [0.1, 0.15) is 251 Å². The minimum Gasteiger partial charge on any atom is -0.497 e. The molecule has 2 aliphatic carbocycles. The van der Waals surface area contributed by atoms with Crippen LogP contribution in [0.5, 0.6) is 5.75 Å². The van der Waals surface area contributed by atoms with Crippen LogP contribution in [-0.4, -0.2) is 30.5 Å². The minimum absolute atomic E-state index is 0.0556. The van der Waals surface area contributed by atoms with Crippen molar-refractivity contribution in [3.63, 3.8) is 0 Å². The number of benzene rings is 5. The van der Waals surface area contributed by atoms with Gasteiger partial charge in [0.1, 0.15) is 5.75 Å². The number of aryl methyl sites for hydroxylation is 2. The molecule has 0 saturated heterocycles. The third-order valence-electron chi connectivity index (χ3n) is 13.0. The summed E-state index contributed by atoms with van der Waals surface area (Å²) in [6.07, 6.45) is 13.5. The fourth-order valence-electron chi connectivity index (χ4n) is 7.96. The van der Waals surface area contributed by atoms with Gasteiger partial charge in [-0.1, -0.05) is 290 Å². The number of ether oxygens (including phenoxy) is 2. The Balaban J connectivity index is 0.